The molecule has 1 rings (SSSR count). The van der Waals surface area contributed by atoms with E-state index in [1.54, 1.807) is 7.11 Å². The fourth-order valence-electron chi connectivity index (χ4n) is 1.44. The van der Waals surface area contributed by atoms with Gasteiger partial charge in [0.2, 0.25) is 0 Å². The van der Waals surface area contributed by atoms with Crippen molar-refractivity contribution >= 4 is 0 Å². The number of rotatable bonds is 6. The Morgan fingerprint density at radius 1 is 1.44 bits per heavy atom. The molecule has 0 unspecified atom stereocenters. The van der Waals surface area contributed by atoms with Crippen molar-refractivity contribution in [3.63, 3.8) is 0 Å². The Morgan fingerprint density at radius 3 is 2.75 bits per heavy atom. The first-order valence-corrected chi connectivity index (χ1v) is 5.40. The minimum Gasteiger partial charge on any atom is -0.493 e. The monoisotopic (exact) mass is 225 g/mol. The van der Waals surface area contributed by atoms with Crippen molar-refractivity contribution in [3.8, 4) is 11.5 Å². The summed E-state index contributed by atoms with van der Waals surface area (Å²) >= 11 is 0. The van der Waals surface area contributed by atoms with Crippen LogP contribution in [-0.2, 0) is 0 Å². The van der Waals surface area contributed by atoms with Crippen LogP contribution < -0.4 is 15.2 Å². The third kappa shape index (κ3) is 2.87. The third-order valence-corrected chi connectivity index (χ3v) is 2.28. The van der Waals surface area contributed by atoms with Gasteiger partial charge in [-0.05, 0) is 12.5 Å². The number of hydrogen-bond donors (Lipinski definition) is 2. The molecule has 4 nitrogen and oxygen atoms in total. The van der Waals surface area contributed by atoms with Crippen LogP contribution in [0.15, 0.2) is 18.2 Å². The summed E-state index contributed by atoms with van der Waals surface area (Å²) in [7, 11) is 1.59. The predicted molar refractivity (Wildman–Crippen MR) is 62.8 cm³/mol. The first-order chi connectivity index (χ1) is 7.74. The molecule has 1 atom stereocenters. The van der Waals surface area contributed by atoms with Crippen LogP contribution >= 0.6 is 0 Å². The van der Waals surface area contributed by atoms with Gasteiger partial charge in [0.1, 0.15) is 0 Å². The van der Waals surface area contributed by atoms with E-state index in [1.165, 1.54) is 0 Å². The minimum atomic E-state index is -0.443. The zero-order chi connectivity index (χ0) is 12.0. The molecule has 0 spiro atoms. The maximum atomic E-state index is 9.08. The molecule has 0 bridgehead atoms. The highest BCUT2D eigenvalue weighted by Crippen LogP contribution is 2.34. The summed E-state index contributed by atoms with van der Waals surface area (Å²) in [5, 5.41) is 9.08. The van der Waals surface area contributed by atoms with Crippen molar-refractivity contribution in [3.05, 3.63) is 23.8 Å². The lowest BCUT2D eigenvalue weighted by atomic mass is 10.1. The van der Waals surface area contributed by atoms with Crippen LogP contribution in [-0.4, -0.2) is 25.4 Å². The lowest BCUT2D eigenvalue weighted by molar-refractivity contribution is 0.255. The van der Waals surface area contributed by atoms with Crippen LogP contribution in [0.5, 0.6) is 11.5 Å². The van der Waals surface area contributed by atoms with Crippen LogP contribution in [0.4, 0.5) is 0 Å². The highest BCUT2D eigenvalue weighted by molar-refractivity contribution is 5.48. The van der Waals surface area contributed by atoms with Gasteiger partial charge in [0, 0.05) is 5.56 Å². The topological polar surface area (TPSA) is 64.7 Å². The SMILES string of the molecule is CCCOc1c(OC)cccc1[C@H](N)CO. The largest absolute Gasteiger partial charge is 0.493 e. The van der Waals surface area contributed by atoms with Crippen LogP contribution in [0.2, 0.25) is 0 Å². The van der Waals surface area contributed by atoms with Gasteiger partial charge in [0.15, 0.2) is 11.5 Å². The summed E-state index contributed by atoms with van der Waals surface area (Å²) in [5.41, 5.74) is 6.58. The Bertz CT molecular complexity index is 328. The van der Waals surface area contributed by atoms with E-state index in [0.29, 0.717) is 18.1 Å². The fourth-order valence-corrected chi connectivity index (χ4v) is 1.44. The number of para-hydroxylation sites is 1. The van der Waals surface area contributed by atoms with Crippen molar-refractivity contribution < 1.29 is 14.6 Å². The summed E-state index contributed by atoms with van der Waals surface area (Å²) < 4.78 is 10.8. The molecule has 0 fully saturated rings. The quantitative estimate of drug-likeness (QED) is 0.769. The van der Waals surface area contributed by atoms with Crippen molar-refractivity contribution in [1.29, 1.82) is 0 Å². The summed E-state index contributed by atoms with van der Waals surface area (Å²) in [6.45, 7) is 2.52. The Morgan fingerprint density at radius 2 is 2.19 bits per heavy atom. The molecule has 16 heavy (non-hydrogen) atoms. The van der Waals surface area contributed by atoms with E-state index in [0.717, 1.165) is 12.0 Å². The number of hydrogen-bond acceptors (Lipinski definition) is 4. The van der Waals surface area contributed by atoms with Crippen LogP contribution in [0.25, 0.3) is 0 Å². The van der Waals surface area contributed by atoms with Gasteiger partial charge in [-0.2, -0.15) is 0 Å². The molecule has 0 amide bonds. The van der Waals surface area contributed by atoms with Crippen LogP contribution in [0.3, 0.4) is 0 Å². The number of benzene rings is 1. The van der Waals surface area contributed by atoms with Gasteiger partial charge in [-0.15, -0.1) is 0 Å². The molecular formula is C12H19NO3. The first-order valence-electron chi connectivity index (χ1n) is 5.40. The van der Waals surface area contributed by atoms with Gasteiger partial charge in [0.25, 0.3) is 0 Å². The molecule has 1 aromatic carbocycles. The number of aliphatic hydroxyl groups excluding tert-OH is 1. The van der Waals surface area contributed by atoms with E-state index in [1.807, 2.05) is 25.1 Å². The van der Waals surface area contributed by atoms with Gasteiger partial charge >= 0.3 is 0 Å². The summed E-state index contributed by atoms with van der Waals surface area (Å²) in [6.07, 6.45) is 0.909. The minimum absolute atomic E-state index is 0.115. The molecule has 4 heteroatoms. The van der Waals surface area contributed by atoms with E-state index in [9.17, 15) is 0 Å². The molecule has 1 aromatic rings. The van der Waals surface area contributed by atoms with E-state index in [-0.39, 0.29) is 6.61 Å². The second kappa shape index (κ2) is 6.35. The predicted octanol–water partition coefficient (Wildman–Crippen LogP) is 1.48. The third-order valence-electron chi connectivity index (χ3n) is 2.28. The maximum Gasteiger partial charge on any atom is 0.165 e. The number of ether oxygens (including phenoxy) is 2. The number of aliphatic hydroxyl groups is 1. The van der Waals surface area contributed by atoms with E-state index < -0.39 is 6.04 Å². The number of methoxy groups -OCH3 is 1. The first kappa shape index (κ1) is 12.8. The van der Waals surface area contributed by atoms with E-state index in [4.69, 9.17) is 20.3 Å². The Balaban J connectivity index is 3.04. The molecule has 0 heterocycles. The molecule has 0 saturated heterocycles. The maximum absolute atomic E-state index is 9.08. The summed E-state index contributed by atoms with van der Waals surface area (Å²) in [6, 6.07) is 5.05. The fraction of sp³-hybridized carbons (Fsp3) is 0.500. The molecule has 90 valence electrons. The standard InChI is InChI=1S/C12H19NO3/c1-3-7-16-12-9(10(13)8-14)5-4-6-11(12)15-2/h4-6,10,14H,3,7-8,13H2,1-2H3/t10-/m1/s1. The molecule has 0 radical (unpaired) electrons. The second-order valence-corrected chi connectivity index (χ2v) is 3.52. The second-order valence-electron chi connectivity index (χ2n) is 3.52. The number of nitrogens with two attached hydrogens (primary N) is 1. The molecule has 0 saturated carbocycles. The smallest absolute Gasteiger partial charge is 0.165 e. The van der Waals surface area contributed by atoms with Gasteiger partial charge in [-0.1, -0.05) is 19.1 Å². The Labute approximate surface area is 96.0 Å². The summed E-state index contributed by atoms with van der Waals surface area (Å²) in [4.78, 5) is 0. The van der Waals surface area contributed by atoms with Crippen molar-refractivity contribution in [2.45, 2.75) is 19.4 Å². The highest BCUT2D eigenvalue weighted by Gasteiger charge is 2.15. The molecule has 3 N–H and O–H groups in total. The van der Waals surface area contributed by atoms with Crippen molar-refractivity contribution in [2.24, 2.45) is 5.73 Å². The van der Waals surface area contributed by atoms with Gasteiger partial charge in [-0.25, -0.2) is 0 Å². The van der Waals surface area contributed by atoms with Crippen molar-refractivity contribution in [2.75, 3.05) is 20.3 Å². The Kier molecular flexibility index (Phi) is 5.08. The molecule has 0 aromatic heterocycles. The van der Waals surface area contributed by atoms with Gasteiger partial charge in [0.05, 0.1) is 26.4 Å². The zero-order valence-corrected chi connectivity index (χ0v) is 9.77. The average Bonchev–Trinajstić information content (AvgIpc) is 2.34. The average molecular weight is 225 g/mol. The molecule has 0 aliphatic heterocycles. The summed E-state index contributed by atoms with van der Waals surface area (Å²) in [5.74, 6) is 1.28. The van der Waals surface area contributed by atoms with Crippen LogP contribution in [0, 0.1) is 0 Å². The van der Waals surface area contributed by atoms with E-state index in [2.05, 4.69) is 0 Å². The normalized spacial score (nSPS) is 12.2. The lowest BCUT2D eigenvalue weighted by Crippen LogP contribution is -2.16. The molecule has 0 aliphatic rings. The van der Waals surface area contributed by atoms with Crippen molar-refractivity contribution in [1.82, 2.24) is 0 Å². The lowest BCUT2D eigenvalue weighted by Gasteiger charge is -2.17. The van der Waals surface area contributed by atoms with Gasteiger partial charge < -0.3 is 20.3 Å². The van der Waals surface area contributed by atoms with Crippen LogP contribution in [0.1, 0.15) is 24.9 Å². The van der Waals surface area contributed by atoms with E-state index >= 15 is 0 Å². The molecular weight excluding hydrogens is 206 g/mol. The Hall–Kier alpha value is -1.26. The van der Waals surface area contributed by atoms with Gasteiger partial charge in [-0.3, -0.25) is 0 Å². The molecule has 0 aliphatic carbocycles. The highest BCUT2D eigenvalue weighted by atomic mass is 16.5. The zero-order valence-electron chi connectivity index (χ0n) is 9.77.